The number of hydrogen-bond acceptors (Lipinski definition) is 4. The molecule has 0 unspecified atom stereocenters. The molecule has 0 aliphatic heterocycles. The van der Waals surface area contributed by atoms with Gasteiger partial charge in [0.05, 0.1) is 17.6 Å². The molecule has 0 spiro atoms. The molecule has 2 heterocycles. The van der Waals surface area contributed by atoms with Gasteiger partial charge in [0.15, 0.2) is 0 Å². The van der Waals surface area contributed by atoms with Crippen LogP contribution in [0.2, 0.25) is 0 Å². The lowest BCUT2D eigenvalue weighted by Crippen LogP contribution is -2.11. The summed E-state index contributed by atoms with van der Waals surface area (Å²) in [5, 5.41) is 6.60. The van der Waals surface area contributed by atoms with E-state index in [4.69, 9.17) is 0 Å². The number of nitrogens with zero attached hydrogens (tertiary/aromatic N) is 4. The molecule has 0 N–H and O–H groups in total. The smallest absolute Gasteiger partial charge is 0.205 e. The number of rotatable bonds is 3. The van der Waals surface area contributed by atoms with Gasteiger partial charge in [0.25, 0.3) is 0 Å². The maximum absolute atomic E-state index is 4.54. The Morgan fingerprint density at radius 3 is 2.68 bits per heavy atom. The van der Waals surface area contributed by atoms with Crippen molar-refractivity contribution in [2.45, 2.75) is 0 Å². The van der Waals surface area contributed by atoms with Crippen molar-refractivity contribution in [3.05, 3.63) is 69.0 Å². The first-order chi connectivity index (χ1) is 10.8. The minimum atomic E-state index is 0.810. The van der Waals surface area contributed by atoms with Crippen molar-refractivity contribution in [2.24, 2.45) is 10.1 Å². The fraction of sp³-hybridized carbons (Fsp3) is 0.0625. The van der Waals surface area contributed by atoms with Crippen molar-refractivity contribution in [1.82, 2.24) is 9.66 Å². The SMILES string of the molecule is CN=c1scc(-c2ccc(Br)cc2)n1/N=C\c1ccccn1. The van der Waals surface area contributed by atoms with Crippen molar-refractivity contribution in [2.75, 3.05) is 7.05 Å². The van der Waals surface area contributed by atoms with E-state index in [9.17, 15) is 0 Å². The van der Waals surface area contributed by atoms with Crippen molar-refractivity contribution >= 4 is 33.5 Å². The Morgan fingerprint density at radius 2 is 2.00 bits per heavy atom. The summed E-state index contributed by atoms with van der Waals surface area (Å²) in [7, 11) is 1.77. The largest absolute Gasteiger partial charge is 0.261 e. The molecule has 0 atom stereocenters. The highest BCUT2D eigenvalue weighted by atomic mass is 79.9. The minimum Gasteiger partial charge on any atom is -0.261 e. The van der Waals surface area contributed by atoms with Crippen molar-refractivity contribution in [1.29, 1.82) is 0 Å². The van der Waals surface area contributed by atoms with Crippen molar-refractivity contribution in [3.63, 3.8) is 0 Å². The van der Waals surface area contributed by atoms with Crippen LogP contribution in [-0.2, 0) is 0 Å². The third-order valence-corrected chi connectivity index (χ3v) is 4.45. The Morgan fingerprint density at radius 1 is 1.18 bits per heavy atom. The highest BCUT2D eigenvalue weighted by Gasteiger charge is 2.06. The van der Waals surface area contributed by atoms with Gasteiger partial charge in [-0.1, -0.05) is 34.1 Å². The summed E-state index contributed by atoms with van der Waals surface area (Å²) >= 11 is 5.02. The molecule has 0 bridgehead atoms. The summed E-state index contributed by atoms with van der Waals surface area (Å²) in [6.45, 7) is 0. The molecule has 22 heavy (non-hydrogen) atoms. The Kier molecular flexibility index (Phi) is 4.60. The van der Waals surface area contributed by atoms with Crippen LogP contribution in [0, 0.1) is 0 Å². The van der Waals surface area contributed by atoms with Gasteiger partial charge in [0, 0.05) is 28.7 Å². The second-order valence-corrected chi connectivity index (χ2v) is 6.20. The van der Waals surface area contributed by atoms with Crippen molar-refractivity contribution < 1.29 is 0 Å². The predicted molar refractivity (Wildman–Crippen MR) is 94.2 cm³/mol. The molecule has 0 fully saturated rings. The number of thiazole rings is 1. The van der Waals surface area contributed by atoms with E-state index < -0.39 is 0 Å². The van der Waals surface area contributed by atoms with E-state index in [0.29, 0.717) is 0 Å². The second kappa shape index (κ2) is 6.81. The zero-order valence-electron chi connectivity index (χ0n) is 11.8. The van der Waals surface area contributed by atoms with Gasteiger partial charge in [-0.25, -0.2) is 4.68 Å². The quantitative estimate of drug-likeness (QED) is 0.645. The summed E-state index contributed by atoms with van der Waals surface area (Å²) in [4.78, 5) is 9.37. The van der Waals surface area contributed by atoms with Crippen LogP contribution in [0.3, 0.4) is 0 Å². The molecule has 0 aliphatic carbocycles. The molecule has 4 nitrogen and oxygen atoms in total. The van der Waals surface area contributed by atoms with Crippen LogP contribution in [0.1, 0.15) is 5.69 Å². The Bertz CT molecular complexity index is 848. The normalized spacial score (nSPS) is 12.2. The third-order valence-electron chi connectivity index (χ3n) is 3.01. The maximum atomic E-state index is 4.54. The van der Waals surface area contributed by atoms with Crippen LogP contribution >= 0.6 is 27.3 Å². The molecule has 0 amide bonds. The van der Waals surface area contributed by atoms with Gasteiger partial charge in [-0.05, 0) is 24.3 Å². The topological polar surface area (TPSA) is 42.5 Å². The minimum absolute atomic E-state index is 0.810. The number of halogens is 1. The second-order valence-electron chi connectivity index (χ2n) is 4.44. The van der Waals surface area contributed by atoms with E-state index in [1.807, 2.05) is 35.0 Å². The van der Waals surface area contributed by atoms with Crippen LogP contribution < -0.4 is 4.80 Å². The van der Waals surface area contributed by atoms with Crippen LogP contribution in [-0.4, -0.2) is 22.9 Å². The first-order valence-electron chi connectivity index (χ1n) is 6.62. The Hall–Kier alpha value is -2.05. The molecule has 0 aliphatic rings. The number of pyridine rings is 1. The lowest BCUT2D eigenvalue weighted by atomic mass is 10.2. The van der Waals surface area contributed by atoms with Gasteiger partial charge < -0.3 is 0 Å². The monoisotopic (exact) mass is 372 g/mol. The first-order valence-corrected chi connectivity index (χ1v) is 8.30. The maximum Gasteiger partial charge on any atom is 0.205 e. The van der Waals surface area contributed by atoms with Crippen LogP contribution in [0.15, 0.2) is 68.6 Å². The lowest BCUT2D eigenvalue weighted by molar-refractivity contribution is 0.847. The molecule has 0 radical (unpaired) electrons. The lowest BCUT2D eigenvalue weighted by Gasteiger charge is -2.03. The third kappa shape index (κ3) is 3.23. The number of benzene rings is 1. The van der Waals surface area contributed by atoms with Gasteiger partial charge in [0.2, 0.25) is 4.80 Å². The fourth-order valence-electron chi connectivity index (χ4n) is 1.95. The molecule has 0 saturated heterocycles. The summed E-state index contributed by atoms with van der Waals surface area (Å²) in [5.74, 6) is 0. The zero-order valence-corrected chi connectivity index (χ0v) is 14.3. The van der Waals surface area contributed by atoms with Crippen molar-refractivity contribution in [3.8, 4) is 11.3 Å². The summed E-state index contributed by atoms with van der Waals surface area (Å²) in [5.41, 5.74) is 2.91. The highest BCUT2D eigenvalue weighted by molar-refractivity contribution is 9.10. The Labute approximate surface area is 140 Å². The summed E-state index contributed by atoms with van der Waals surface area (Å²) in [6, 6.07) is 13.9. The highest BCUT2D eigenvalue weighted by Crippen LogP contribution is 2.22. The molecular formula is C16H13BrN4S. The fourth-order valence-corrected chi connectivity index (χ4v) is 3.02. The summed E-state index contributed by atoms with van der Waals surface area (Å²) in [6.07, 6.45) is 3.49. The predicted octanol–water partition coefficient (Wildman–Crippen LogP) is 3.79. The van der Waals surface area contributed by atoms with Gasteiger partial charge in [-0.2, -0.15) is 5.10 Å². The van der Waals surface area contributed by atoms with E-state index in [1.165, 1.54) is 0 Å². The zero-order chi connectivity index (χ0) is 15.4. The van der Waals surface area contributed by atoms with Gasteiger partial charge in [0.1, 0.15) is 0 Å². The molecular weight excluding hydrogens is 360 g/mol. The summed E-state index contributed by atoms with van der Waals surface area (Å²) < 4.78 is 2.89. The average molecular weight is 373 g/mol. The van der Waals surface area contributed by atoms with E-state index in [0.717, 1.165) is 26.2 Å². The first kappa shape index (κ1) is 14.9. The molecule has 110 valence electrons. The molecule has 3 rings (SSSR count). The van der Waals surface area contributed by atoms with E-state index >= 15 is 0 Å². The van der Waals surface area contributed by atoms with Gasteiger partial charge >= 0.3 is 0 Å². The van der Waals surface area contributed by atoms with E-state index in [-0.39, 0.29) is 0 Å². The van der Waals surface area contributed by atoms with E-state index in [1.54, 1.807) is 30.8 Å². The van der Waals surface area contributed by atoms with E-state index in [2.05, 4.69) is 48.5 Å². The van der Waals surface area contributed by atoms with Crippen LogP contribution in [0.4, 0.5) is 0 Å². The molecule has 2 aromatic heterocycles. The molecule has 6 heteroatoms. The number of hydrogen-bond donors (Lipinski definition) is 0. The molecule has 1 aromatic carbocycles. The van der Waals surface area contributed by atoms with Gasteiger partial charge in [-0.15, -0.1) is 11.3 Å². The van der Waals surface area contributed by atoms with Crippen LogP contribution in [0.5, 0.6) is 0 Å². The van der Waals surface area contributed by atoms with Crippen LogP contribution in [0.25, 0.3) is 11.3 Å². The number of aromatic nitrogens is 2. The average Bonchev–Trinajstić information content (AvgIpc) is 2.97. The molecule has 3 aromatic rings. The standard InChI is InChI=1S/C16H13BrN4S/c1-18-16-21(20-10-14-4-2-3-9-19-14)15(11-22-16)12-5-7-13(17)8-6-12/h2-11H,1H3/b18-16?,20-10-. The van der Waals surface area contributed by atoms with Gasteiger partial charge in [-0.3, -0.25) is 9.98 Å². The molecule has 0 saturated carbocycles. The Balaban J connectivity index is 2.05.